The predicted octanol–water partition coefficient (Wildman–Crippen LogP) is 11.9. The average molecular weight is 535 g/mol. The zero-order valence-electron chi connectivity index (χ0n) is 22.1. The molecule has 10 rings (SSSR count). The fourth-order valence-electron chi connectivity index (χ4n) is 7.27. The van der Waals surface area contributed by atoms with Gasteiger partial charge >= 0.3 is 0 Å². The molecule has 0 saturated heterocycles. The smallest absolute Gasteiger partial charge is 0.0367 e. The molecular weight excluding hydrogens is 513 g/mol. The van der Waals surface area contributed by atoms with Gasteiger partial charge in [0.05, 0.1) is 0 Å². The summed E-state index contributed by atoms with van der Waals surface area (Å²) in [6.07, 6.45) is 0. The lowest BCUT2D eigenvalue weighted by atomic mass is 9.92. The third kappa shape index (κ3) is 2.94. The molecule has 188 valence electrons. The van der Waals surface area contributed by atoms with Gasteiger partial charge in [-0.1, -0.05) is 103 Å². The Kier molecular flexibility index (Phi) is 4.15. The molecular formula is C40H22S. The van der Waals surface area contributed by atoms with E-state index in [0.29, 0.717) is 0 Å². The SMILES string of the molecule is c1ccc2c(c1)-c1cccc3c(-c4ccc5ccc(-c6cc7ccc8cccc9sc(c6)c7c89)cc5c4)ccc-2c13. The molecule has 0 fully saturated rings. The lowest BCUT2D eigenvalue weighted by molar-refractivity contribution is 1.67. The molecule has 0 nitrogen and oxygen atoms in total. The maximum absolute atomic E-state index is 2.39. The Morgan fingerprint density at radius 3 is 1.88 bits per heavy atom. The second-order valence-electron chi connectivity index (χ2n) is 11.3. The molecule has 1 aliphatic rings. The lowest BCUT2D eigenvalue weighted by Gasteiger charge is -2.12. The van der Waals surface area contributed by atoms with Crippen molar-refractivity contribution in [1.82, 2.24) is 0 Å². The van der Waals surface area contributed by atoms with Crippen LogP contribution >= 0.6 is 11.3 Å². The van der Waals surface area contributed by atoms with Gasteiger partial charge in [-0.05, 0) is 107 Å². The molecule has 9 aromatic rings. The number of thiophene rings is 1. The van der Waals surface area contributed by atoms with Crippen molar-refractivity contribution in [3.8, 4) is 44.5 Å². The van der Waals surface area contributed by atoms with Crippen LogP contribution in [0.3, 0.4) is 0 Å². The van der Waals surface area contributed by atoms with Gasteiger partial charge in [-0.15, -0.1) is 11.3 Å². The van der Waals surface area contributed by atoms with Gasteiger partial charge in [-0.2, -0.15) is 0 Å². The molecule has 0 bridgehead atoms. The number of fused-ring (bicyclic) bond motifs is 4. The first-order valence-corrected chi connectivity index (χ1v) is 15.0. The molecule has 1 aromatic heterocycles. The van der Waals surface area contributed by atoms with Gasteiger partial charge in [0, 0.05) is 20.2 Å². The van der Waals surface area contributed by atoms with Gasteiger partial charge in [0.2, 0.25) is 0 Å². The highest BCUT2D eigenvalue weighted by Crippen LogP contribution is 2.49. The van der Waals surface area contributed by atoms with Crippen LogP contribution < -0.4 is 0 Å². The van der Waals surface area contributed by atoms with E-state index in [4.69, 9.17) is 0 Å². The molecule has 41 heavy (non-hydrogen) atoms. The van der Waals surface area contributed by atoms with Crippen LogP contribution in [0.1, 0.15) is 0 Å². The molecule has 0 atom stereocenters. The summed E-state index contributed by atoms with van der Waals surface area (Å²) >= 11 is 1.91. The van der Waals surface area contributed by atoms with Gasteiger partial charge in [0.15, 0.2) is 0 Å². The van der Waals surface area contributed by atoms with Crippen LogP contribution in [0.25, 0.3) is 97.0 Å². The van der Waals surface area contributed by atoms with Crippen molar-refractivity contribution in [3.63, 3.8) is 0 Å². The molecule has 0 aliphatic heterocycles. The van der Waals surface area contributed by atoms with Crippen molar-refractivity contribution in [2.45, 2.75) is 0 Å². The summed E-state index contributed by atoms with van der Waals surface area (Å²) < 4.78 is 2.74. The number of rotatable bonds is 2. The van der Waals surface area contributed by atoms with Crippen molar-refractivity contribution in [3.05, 3.63) is 133 Å². The van der Waals surface area contributed by atoms with Gasteiger partial charge in [-0.3, -0.25) is 0 Å². The Morgan fingerprint density at radius 1 is 0.317 bits per heavy atom. The Balaban J connectivity index is 1.14. The third-order valence-electron chi connectivity index (χ3n) is 9.14. The van der Waals surface area contributed by atoms with Crippen LogP contribution in [-0.2, 0) is 0 Å². The van der Waals surface area contributed by atoms with Crippen LogP contribution in [0.4, 0.5) is 0 Å². The summed E-state index contributed by atoms with van der Waals surface area (Å²) in [5.74, 6) is 0. The molecule has 0 spiro atoms. The summed E-state index contributed by atoms with van der Waals surface area (Å²) in [7, 11) is 0. The first-order valence-electron chi connectivity index (χ1n) is 14.2. The van der Waals surface area contributed by atoms with Crippen molar-refractivity contribution < 1.29 is 0 Å². The van der Waals surface area contributed by atoms with Gasteiger partial charge < -0.3 is 0 Å². The summed E-state index contributed by atoms with van der Waals surface area (Å²) in [4.78, 5) is 0. The average Bonchev–Trinajstić information content (AvgIpc) is 3.57. The molecule has 0 amide bonds. The van der Waals surface area contributed by atoms with Gasteiger partial charge in [-0.25, -0.2) is 0 Å². The summed E-state index contributed by atoms with van der Waals surface area (Å²) in [5.41, 5.74) is 10.5. The van der Waals surface area contributed by atoms with Crippen molar-refractivity contribution >= 4 is 63.8 Å². The van der Waals surface area contributed by atoms with E-state index < -0.39 is 0 Å². The van der Waals surface area contributed by atoms with Crippen molar-refractivity contribution in [2.24, 2.45) is 0 Å². The fourth-order valence-corrected chi connectivity index (χ4v) is 8.49. The van der Waals surface area contributed by atoms with E-state index >= 15 is 0 Å². The highest BCUT2D eigenvalue weighted by molar-refractivity contribution is 7.26. The molecule has 0 saturated carbocycles. The Labute approximate surface area is 241 Å². The van der Waals surface area contributed by atoms with E-state index in [-0.39, 0.29) is 0 Å². The predicted molar refractivity (Wildman–Crippen MR) is 178 cm³/mol. The molecule has 0 unspecified atom stereocenters. The third-order valence-corrected chi connectivity index (χ3v) is 10.2. The summed E-state index contributed by atoms with van der Waals surface area (Å²) in [6.45, 7) is 0. The normalized spacial score (nSPS) is 12.4. The van der Waals surface area contributed by atoms with Crippen molar-refractivity contribution in [1.29, 1.82) is 0 Å². The number of hydrogen-bond acceptors (Lipinski definition) is 1. The second-order valence-corrected chi connectivity index (χ2v) is 12.4. The van der Waals surface area contributed by atoms with E-state index in [1.54, 1.807) is 0 Å². The zero-order valence-corrected chi connectivity index (χ0v) is 22.9. The summed E-state index contributed by atoms with van der Waals surface area (Å²) in [6, 6.07) is 50.0. The van der Waals surface area contributed by atoms with E-state index in [1.165, 1.54) is 97.0 Å². The van der Waals surface area contributed by atoms with E-state index in [0.717, 1.165) is 0 Å². The molecule has 1 aliphatic carbocycles. The molecule has 1 heteroatoms. The molecule has 0 N–H and O–H groups in total. The molecule has 0 radical (unpaired) electrons. The van der Waals surface area contributed by atoms with Crippen LogP contribution in [0.15, 0.2) is 133 Å². The van der Waals surface area contributed by atoms with Crippen LogP contribution in [-0.4, -0.2) is 0 Å². The second kappa shape index (κ2) is 7.81. The van der Waals surface area contributed by atoms with Crippen LogP contribution in [0.5, 0.6) is 0 Å². The first kappa shape index (κ1) is 21.8. The fraction of sp³-hybridized carbons (Fsp3) is 0. The van der Waals surface area contributed by atoms with E-state index in [1.807, 2.05) is 11.3 Å². The minimum Gasteiger partial charge on any atom is -0.135 e. The van der Waals surface area contributed by atoms with E-state index in [2.05, 4.69) is 133 Å². The lowest BCUT2D eigenvalue weighted by Crippen LogP contribution is -1.85. The number of benzene rings is 8. The van der Waals surface area contributed by atoms with Crippen molar-refractivity contribution in [2.75, 3.05) is 0 Å². The van der Waals surface area contributed by atoms with Crippen LogP contribution in [0, 0.1) is 0 Å². The topological polar surface area (TPSA) is 0 Å². The monoisotopic (exact) mass is 534 g/mol. The van der Waals surface area contributed by atoms with Gasteiger partial charge in [0.25, 0.3) is 0 Å². The first-order chi connectivity index (χ1) is 20.3. The Hall–Kier alpha value is -4.98. The largest absolute Gasteiger partial charge is 0.135 e. The Morgan fingerprint density at radius 2 is 0.976 bits per heavy atom. The van der Waals surface area contributed by atoms with E-state index in [9.17, 15) is 0 Å². The highest BCUT2D eigenvalue weighted by atomic mass is 32.1. The minimum atomic E-state index is 1.26. The zero-order chi connectivity index (χ0) is 26.7. The number of hydrogen-bond donors (Lipinski definition) is 0. The quantitative estimate of drug-likeness (QED) is 0.193. The maximum Gasteiger partial charge on any atom is 0.0367 e. The molecule has 8 aromatic carbocycles. The summed E-state index contributed by atoms with van der Waals surface area (Å²) in [5, 5.41) is 10.7. The van der Waals surface area contributed by atoms with Crippen LogP contribution in [0.2, 0.25) is 0 Å². The molecule has 1 heterocycles. The minimum absolute atomic E-state index is 1.26. The van der Waals surface area contributed by atoms with Gasteiger partial charge in [0.1, 0.15) is 0 Å². The highest BCUT2D eigenvalue weighted by Gasteiger charge is 2.22. The maximum atomic E-state index is 2.39. The Bertz CT molecular complexity index is 2500. The standard InChI is InChI=1S/C40H22S/c1-2-7-32-31(6-1)34-9-4-8-33-30(17-18-35(32)40(33)34)26-15-12-23-11-14-25(19-28(23)20-26)29-21-27-16-13-24-5-3-10-36-38(24)39(27)37(22-29)41-36/h1-22H.